The molecule has 2 N–H and O–H groups in total. The molecule has 16 heavy (non-hydrogen) atoms. The molecule has 0 aromatic carbocycles. The average Bonchev–Trinajstić information content (AvgIpc) is 2.20. The van der Waals surface area contributed by atoms with Crippen molar-refractivity contribution in [3.63, 3.8) is 0 Å². The van der Waals surface area contributed by atoms with Crippen molar-refractivity contribution in [3.8, 4) is 0 Å². The van der Waals surface area contributed by atoms with Crippen molar-refractivity contribution in [1.82, 2.24) is 0 Å². The van der Waals surface area contributed by atoms with Gasteiger partial charge >= 0.3 is 11.9 Å². The standard InChI is InChI=1S/C10H17NO5/c1-7(12)6-16-10(14)9(5-11)3-4-15-8(2)13/h9H,3-6,11H2,1-2H3. The summed E-state index contributed by atoms with van der Waals surface area (Å²) in [5, 5.41) is 0. The molecule has 0 aromatic rings. The number of carbonyl (C=O) groups is 3. The van der Waals surface area contributed by atoms with Crippen molar-refractivity contribution in [2.24, 2.45) is 11.7 Å². The molecular formula is C10H17NO5. The number of rotatable bonds is 7. The molecule has 0 heterocycles. The molecule has 0 aliphatic heterocycles. The van der Waals surface area contributed by atoms with E-state index in [1.165, 1.54) is 13.8 Å². The fraction of sp³-hybridized carbons (Fsp3) is 0.700. The van der Waals surface area contributed by atoms with E-state index in [-0.39, 0.29) is 25.5 Å². The molecule has 1 atom stereocenters. The van der Waals surface area contributed by atoms with E-state index in [1.807, 2.05) is 0 Å². The first kappa shape index (κ1) is 14.6. The zero-order valence-corrected chi connectivity index (χ0v) is 9.52. The molecule has 0 bridgehead atoms. The van der Waals surface area contributed by atoms with Gasteiger partial charge in [0, 0.05) is 13.5 Å². The average molecular weight is 231 g/mol. The van der Waals surface area contributed by atoms with Crippen LogP contribution in [0.25, 0.3) is 0 Å². The van der Waals surface area contributed by atoms with Gasteiger partial charge in [-0.2, -0.15) is 0 Å². The quantitative estimate of drug-likeness (QED) is 0.601. The van der Waals surface area contributed by atoms with Gasteiger partial charge in [-0.15, -0.1) is 0 Å². The number of Topliss-reactive ketones (excluding diaryl/α,β-unsaturated/α-hetero) is 1. The van der Waals surface area contributed by atoms with Gasteiger partial charge in [0.05, 0.1) is 12.5 Å². The van der Waals surface area contributed by atoms with E-state index in [4.69, 9.17) is 10.5 Å². The lowest BCUT2D eigenvalue weighted by molar-refractivity contribution is -0.153. The number of esters is 2. The van der Waals surface area contributed by atoms with Crippen LogP contribution < -0.4 is 5.73 Å². The lowest BCUT2D eigenvalue weighted by atomic mass is 10.1. The molecule has 0 rings (SSSR count). The third-order valence-electron chi connectivity index (χ3n) is 1.81. The van der Waals surface area contributed by atoms with Gasteiger partial charge < -0.3 is 15.2 Å². The number of hydrogen-bond donors (Lipinski definition) is 1. The Balaban J connectivity index is 3.91. The van der Waals surface area contributed by atoms with Crippen LogP contribution in [0.3, 0.4) is 0 Å². The van der Waals surface area contributed by atoms with E-state index in [1.54, 1.807) is 0 Å². The molecule has 0 amide bonds. The van der Waals surface area contributed by atoms with Crippen LogP contribution in [0.15, 0.2) is 0 Å². The van der Waals surface area contributed by atoms with Gasteiger partial charge in [0.15, 0.2) is 5.78 Å². The molecule has 0 fully saturated rings. The Hall–Kier alpha value is -1.43. The predicted octanol–water partition coefficient (Wildman–Crippen LogP) is -0.353. The summed E-state index contributed by atoms with van der Waals surface area (Å²) in [6, 6.07) is 0. The summed E-state index contributed by atoms with van der Waals surface area (Å²) in [4.78, 5) is 32.4. The number of ketones is 1. The molecule has 0 aliphatic rings. The normalized spacial score (nSPS) is 11.7. The van der Waals surface area contributed by atoms with Crippen LogP contribution in [-0.2, 0) is 23.9 Å². The van der Waals surface area contributed by atoms with E-state index in [0.29, 0.717) is 6.42 Å². The number of ether oxygens (including phenoxy) is 2. The van der Waals surface area contributed by atoms with Crippen molar-refractivity contribution in [1.29, 1.82) is 0 Å². The van der Waals surface area contributed by atoms with Crippen molar-refractivity contribution < 1.29 is 23.9 Å². The molecule has 6 nitrogen and oxygen atoms in total. The van der Waals surface area contributed by atoms with Crippen LogP contribution in [-0.4, -0.2) is 37.5 Å². The number of nitrogens with two attached hydrogens (primary N) is 1. The molecule has 1 unspecified atom stereocenters. The fourth-order valence-corrected chi connectivity index (χ4v) is 0.967. The minimum Gasteiger partial charge on any atom is -0.466 e. The van der Waals surface area contributed by atoms with Crippen molar-refractivity contribution >= 4 is 17.7 Å². The minimum absolute atomic E-state index is 0.0952. The van der Waals surface area contributed by atoms with Crippen LogP contribution in [0, 0.1) is 5.92 Å². The summed E-state index contributed by atoms with van der Waals surface area (Å²) in [6.45, 7) is 2.57. The van der Waals surface area contributed by atoms with Gasteiger partial charge in [-0.1, -0.05) is 0 Å². The number of hydrogen-bond acceptors (Lipinski definition) is 6. The van der Waals surface area contributed by atoms with Crippen LogP contribution in [0.1, 0.15) is 20.3 Å². The van der Waals surface area contributed by atoms with Crippen molar-refractivity contribution in [3.05, 3.63) is 0 Å². The molecule has 0 radical (unpaired) electrons. The maximum atomic E-state index is 11.4. The summed E-state index contributed by atoms with van der Waals surface area (Å²) in [5.74, 6) is -1.72. The maximum absolute atomic E-state index is 11.4. The van der Waals surface area contributed by atoms with Gasteiger partial charge in [0.25, 0.3) is 0 Å². The molecule has 0 aliphatic carbocycles. The predicted molar refractivity (Wildman–Crippen MR) is 55.4 cm³/mol. The monoisotopic (exact) mass is 231 g/mol. The summed E-state index contributed by atoms with van der Waals surface area (Å²) in [6.07, 6.45) is 0.298. The Morgan fingerprint density at radius 3 is 2.25 bits per heavy atom. The highest BCUT2D eigenvalue weighted by molar-refractivity contribution is 5.81. The van der Waals surface area contributed by atoms with Gasteiger partial charge in [0.1, 0.15) is 6.61 Å². The van der Waals surface area contributed by atoms with E-state index in [0.717, 1.165) is 0 Å². The first-order valence-electron chi connectivity index (χ1n) is 4.96. The first-order valence-corrected chi connectivity index (χ1v) is 4.96. The molecule has 0 saturated heterocycles. The number of carbonyl (C=O) groups excluding carboxylic acids is 3. The Morgan fingerprint density at radius 2 is 1.81 bits per heavy atom. The van der Waals surface area contributed by atoms with E-state index < -0.39 is 17.9 Å². The van der Waals surface area contributed by atoms with Gasteiger partial charge in [-0.3, -0.25) is 14.4 Å². The maximum Gasteiger partial charge on any atom is 0.310 e. The highest BCUT2D eigenvalue weighted by atomic mass is 16.5. The Kier molecular flexibility index (Phi) is 7.11. The lowest BCUT2D eigenvalue weighted by Crippen LogP contribution is -2.28. The highest BCUT2D eigenvalue weighted by Crippen LogP contribution is 2.04. The summed E-state index contributed by atoms with van der Waals surface area (Å²) in [7, 11) is 0. The fourth-order valence-electron chi connectivity index (χ4n) is 0.967. The second kappa shape index (κ2) is 7.81. The molecular weight excluding hydrogens is 214 g/mol. The van der Waals surface area contributed by atoms with Crippen LogP contribution in [0.5, 0.6) is 0 Å². The summed E-state index contributed by atoms with van der Waals surface area (Å²) >= 11 is 0. The molecule has 0 aromatic heterocycles. The SMILES string of the molecule is CC(=O)COC(=O)C(CN)CCOC(C)=O. The Bertz CT molecular complexity index is 264. The minimum atomic E-state index is -0.543. The van der Waals surface area contributed by atoms with E-state index in [9.17, 15) is 14.4 Å². The summed E-state index contributed by atoms with van der Waals surface area (Å²) < 4.78 is 9.39. The lowest BCUT2D eigenvalue weighted by Gasteiger charge is -2.12. The largest absolute Gasteiger partial charge is 0.466 e. The van der Waals surface area contributed by atoms with Crippen LogP contribution >= 0.6 is 0 Å². The molecule has 0 spiro atoms. The Morgan fingerprint density at radius 1 is 1.19 bits per heavy atom. The van der Waals surface area contributed by atoms with Crippen LogP contribution in [0.2, 0.25) is 0 Å². The van der Waals surface area contributed by atoms with Gasteiger partial charge in [-0.25, -0.2) is 0 Å². The zero-order valence-electron chi connectivity index (χ0n) is 9.52. The van der Waals surface area contributed by atoms with Crippen molar-refractivity contribution in [2.45, 2.75) is 20.3 Å². The molecule has 0 saturated carbocycles. The van der Waals surface area contributed by atoms with Gasteiger partial charge in [-0.05, 0) is 13.3 Å². The van der Waals surface area contributed by atoms with E-state index in [2.05, 4.69) is 4.74 Å². The smallest absolute Gasteiger partial charge is 0.310 e. The highest BCUT2D eigenvalue weighted by Gasteiger charge is 2.19. The van der Waals surface area contributed by atoms with Crippen LogP contribution in [0.4, 0.5) is 0 Å². The second-order valence-electron chi connectivity index (χ2n) is 3.37. The summed E-state index contributed by atoms with van der Waals surface area (Å²) in [5.41, 5.74) is 5.37. The molecule has 92 valence electrons. The second-order valence-corrected chi connectivity index (χ2v) is 3.37. The van der Waals surface area contributed by atoms with Crippen molar-refractivity contribution in [2.75, 3.05) is 19.8 Å². The topological polar surface area (TPSA) is 95.7 Å². The first-order chi connectivity index (χ1) is 7.47. The third-order valence-corrected chi connectivity index (χ3v) is 1.81. The Labute approximate surface area is 94.1 Å². The zero-order chi connectivity index (χ0) is 12.6. The third kappa shape index (κ3) is 6.94. The molecule has 6 heteroatoms. The van der Waals surface area contributed by atoms with Gasteiger partial charge in [0.2, 0.25) is 0 Å². The van der Waals surface area contributed by atoms with E-state index >= 15 is 0 Å².